The van der Waals surface area contributed by atoms with Crippen molar-refractivity contribution in [1.29, 1.82) is 0 Å². The number of nitrogens with zero attached hydrogens (tertiary/aromatic N) is 2. The summed E-state index contributed by atoms with van der Waals surface area (Å²) in [6.07, 6.45) is 0.921. The Kier molecular flexibility index (Phi) is 3.38. The zero-order valence-electron chi connectivity index (χ0n) is 10.7. The SMILES string of the molecule is Cc1ccc(Cc2c(Br)nc(C)n2C)c(C)c1. The number of benzene rings is 1. The molecule has 0 aliphatic carbocycles. The summed E-state index contributed by atoms with van der Waals surface area (Å²) < 4.78 is 3.10. The Morgan fingerprint density at radius 2 is 1.94 bits per heavy atom. The molecule has 0 aliphatic rings. The molecule has 0 N–H and O–H groups in total. The molecule has 1 heterocycles. The maximum atomic E-state index is 4.43. The normalized spacial score (nSPS) is 10.9. The fourth-order valence-corrected chi connectivity index (χ4v) is 2.69. The Labute approximate surface area is 111 Å². The quantitative estimate of drug-likeness (QED) is 0.825. The van der Waals surface area contributed by atoms with E-state index in [-0.39, 0.29) is 0 Å². The molecule has 0 aliphatic heterocycles. The zero-order valence-corrected chi connectivity index (χ0v) is 12.3. The second-order valence-corrected chi connectivity index (χ2v) is 5.31. The first-order valence-electron chi connectivity index (χ1n) is 5.73. The summed E-state index contributed by atoms with van der Waals surface area (Å²) in [6.45, 7) is 6.32. The third-order valence-corrected chi connectivity index (χ3v) is 3.88. The summed E-state index contributed by atoms with van der Waals surface area (Å²) in [5, 5.41) is 0. The van der Waals surface area contributed by atoms with Gasteiger partial charge in [-0.15, -0.1) is 0 Å². The number of halogens is 1. The van der Waals surface area contributed by atoms with E-state index in [2.05, 4.69) is 64.6 Å². The topological polar surface area (TPSA) is 17.8 Å². The maximum absolute atomic E-state index is 4.43. The lowest BCUT2D eigenvalue weighted by Crippen LogP contribution is -2.01. The highest BCUT2D eigenvalue weighted by Gasteiger charge is 2.11. The molecule has 1 aromatic heterocycles. The summed E-state index contributed by atoms with van der Waals surface area (Å²) in [5.41, 5.74) is 5.25. The van der Waals surface area contributed by atoms with Gasteiger partial charge >= 0.3 is 0 Å². The Balaban J connectivity index is 2.38. The molecule has 0 unspecified atom stereocenters. The van der Waals surface area contributed by atoms with Gasteiger partial charge < -0.3 is 4.57 Å². The average Bonchev–Trinajstić information content (AvgIpc) is 2.48. The van der Waals surface area contributed by atoms with E-state index in [9.17, 15) is 0 Å². The first kappa shape index (κ1) is 12.4. The van der Waals surface area contributed by atoms with Gasteiger partial charge in [0.1, 0.15) is 10.4 Å². The molecule has 0 bridgehead atoms. The van der Waals surface area contributed by atoms with Crippen LogP contribution < -0.4 is 0 Å². The minimum absolute atomic E-state index is 0.921. The molecule has 2 aromatic rings. The molecule has 0 amide bonds. The lowest BCUT2D eigenvalue weighted by atomic mass is 10.0. The van der Waals surface area contributed by atoms with Crippen LogP contribution in [0.25, 0.3) is 0 Å². The highest BCUT2D eigenvalue weighted by atomic mass is 79.9. The van der Waals surface area contributed by atoms with E-state index in [1.54, 1.807) is 0 Å². The Morgan fingerprint density at radius 3 is 2.47 bits per heavy atom. The van der Waals surface area contributed by atoms with E-state index < -0.39 is 0 Å². The molecular formula is C14H17BrN2. The number of aromatic nitrogens is 2. The van der Waals surface area contributed by atoms with Gasteiger partial charge in [0.2, 0.25) is 0 Å². The first-order valence-corrected chi connectivity index (χ1v) is 6.52. The van der Waals surface area contributed by atoms with Crippen molar-refractivity contribution in [2.75, 3.05) is 0 Å². The van der Waals surface area contributed by atoms with Crippen molar-refractivity contribution in [2.24, 2.45) is 7.05 Å². The van der Waals surface area contributed by atoms with Crippen LogP contribution in [0.15, 0.2) is 22.8 Å². The van der Waals surface area contributed by atoms with Crippen molar-refractivity contribution in [1.82, 2.24) is 9.55 Å². The monoisotopic (exact) mass is 292 g/mol. The molecule has 3 heteroatoms. The van der Waals surface area contributed by atoms with E-state index in [1.165, 1.54) is 22.4 Å². The highest BCUT2D eigenvalue weighted by molar-refractivity contribution is 9.10. The molecule has 1 aromatic carbocycles. The van der Waals surface area contributed by atoms with Crippen molar-refractivity contribution in [3.05, 3.63) is 51.0 Å². The Morgan fingerprint density at radius 1 is 1.24 bits per heavy atom. The average molecular weight is 293 g/mol. The fraction of sp³-hybridized carbons (Fsp3) is 0.357. The standard InChI is InChI=1S/C14H17BrN2/c1-9-5-6-12(10(2)7-9)8-13-14(15)16-11(3)17(13)4/h5-7H,8H2,1-4H3. The van der Waals surface area contributed by atoms with Gasteiger partial charge in [-0.25, -0.2) is 4.98 Å². The second kappa shape index (κ2) is 4.65. The van der Waals surface area contributed by atoms with Gasteiger partial charge in [0, 0.05) is 13.5 Å². The molecule has 2 rings (SSSR count). The molecule has 17 heavy (non-hydrogen) atoms. The van der Waals surface area contributed by atoms with Gasteiger partial charge in [-0.3, -0.25) is 0 Å². The highest BCUT2D eigenvalue weighted by Crippen LogP contribution is 2.22. The molecule has 0 atom stereocenters. The molecule has 0 saturated carbocycles. The van der Waals surface area contributed by atoms with E-state index >= 15 is 0 Å². The fourth-order valence-electron chi connectivity index (χ4n) is 2.03. The van der Waals surface area contributed by atoms with Crippen molar-refractivity contribution >= 4 is 15.9 Å². The van der Waals surface area contributed by atoms with Crippen LogP contribution in [-0.2, 0) is 13.5 Å². The molecule has 2 nitrogen and oxygen atoms in total. The van der Waals surface area contributed by atoms with Crippen LogP contribution in [0.2, 0.25) is 0 Å². The van der Waals surface area contributed by atoms with Crippen LogP contribution in [0.5, 0.6) is 0 Å². The van der Waals surface area contributed by atoms with Gasteiger partial charge in [-0.1, -0.05) is 23.8 Å². The van der Waals surface area contributed by atoms with Gasteiger partial charge in [-0.2, -0.15) is 0 Å². The van der Waals surface area contributed by atoms with E-state index in [0.29, 0.717) is 0 Å². The van der Waals surface area contributed by atoms with Gasteiger partial charge in [0.15, 0.2) is 0 Å². The van der Waals surface area contributed by atoms with Gasteiger partial charge in [-0.05, 0) is 47.8 Å². The van der Waals surface area contributed by atoms with Crippen molar-refractivity contribution < 1.29 is 0 Å². The van der Waals surface area contributed by atoms with Crippen molar-refractivity contribution in [2.45, 2.75) is 27.2 Å². The molecule has 0 saturated heterocycles. The third kappa shape index (κ3) is 2.44. The largest absolute Gasteiger partial charge is 0.334 e. The molecule has 0 fully saturated rings. The minimum atomic E-state index is 0.921. The second-order valence-electron chi connectivity index (χ2n) is 4.56. The van der Waals surface area contributed by atoms with Crippen LogP contribution in [-0.4, -0.2) is 9.55 Å². The molecule has 0 spiro atoms. The first-order chi connectivity index (χ1) is 7.99. The van der Waals surface area contributed by atoms with Crippen molar-refractivity contribution in [3.8, 4) is 0 Å². The number of imidazole rings is 1. The lowest BCUT2D eigenvalue weighted by Gasteiger charge is -2.08. The van der Waals surface area contributed by atoms with E-state index in [0.717, 1.165) is 16.8 Å². The number of rotatable bonds is 2. The van der Waals surface area contributed by atoms with Crippen LogP contribution in [0.4, 0.5) is 0 Å². The third-order valence-electron chi connectivity index (χ3n) is 3.24. The lowest BCUT2D eigenvalue weighted by molar-refractivity contribution is 0.804. The molecule has 0 radical (unpaired) electrons. The van der Waals surface area contributed by atoms with Crippen LogP contribution in [0, 0.1) is 20.8 Å². The van der Waals surface area contributed by atoms with Gasteiger partial charge in [0.25, 0.3) is 0 Å². The van der Waals surface area contributed by atoms with Crippen LogP contribution >= 0.6 is 15.9 Å². The van der Waals surface area contributed by atoms with Crippen LogP contribution in [0.1, 0.15) is 28.2 Å². The summed E-state index contributed by atoms with van der Waals surface area (Å²) in [4.78, 5) is 4.43. The molecular weight excluding hydrogens is 276 g/mol. The van der Waals surface area contributed by atoms with Crippen molar-refractivity contribution in [3.63, 3.8) is 0 Å². The van der Waals surface area contributed by atoms with E-state index in [1.807, 2.05) is 6.92 Å². The Hall–Kier alpha value is -1.09. The number of hydrogen-bond donors (Lipinski definition) is 0. The summed E-state index contributed by atoms with van der Waals surface area (Å²) in [5.74, 6) is 1.04. The maximum Gasteiger partial charge on any atom is 0.127 e. The van der Waals surface area contributed by atoms with Crippen LogP contribution in [0.3, 0.4) is 0 Å². The minimum Gasteiger partial charge on any atom is -0.334 e. The number of aryl methyl sites for hydroxylation is 3. The summed E-state index contributed by atoms with van der Waals surface area (Å²) in [7, 11) is 2.06. The predicted molar refractivity (Wildman–Crippen MR) is 74.4 cm³/mol. The summed E-state index contributed by atoms with van der Waals surface area (Å²) >= 11 is 3.53. The predicted octanol–water partition coefficient (Wildman–Crippen LogP) is 3.70. The van der Waals surface area contributed by atoms with Gasteiger partial charge in [0.05, 0.1) is 5.69 Å². The zero-order chi connectivity index (χ0) is 12.6. The number of hydrogen-bond acceptors (Lipinski definition) is 1. The summed E-state index contributed by atoms with van der Waals surface area (Å²) in [6, 6.07) is 6.60. The Bertz CT molecular complexity index is 556. The van der Waals surface area contributed by atoms with E-state index in [4.69, 9.17) is 0 Å². The molecule has 90 valence electrons. The smallest absolute Gasteiger partial charge is 0.127 e.